The number of carbonyl (C=O) groups excluding carboxylic acids is 1. The van der Waals surface area contributed by atoms with E-state index in [1.54, 1.807) is 18.2 Å². The van der Waals surface area contributed by atoms with Crippen LogP contribution in [0.25, 0.3) is 0 Å². The molecular formula is C18H21N3O4S. The Morgan fingerprint density at radius 1 is 1.27 bits per heavy atom. The lowest BCUT2D eigenvalue weighted by molar-refractivity contribution is 0.0996. The first-order valence-electron chi connectivity index (χ1n) is 8.56. The van der Waals surface area contributed by atoms with Gasteiger partial charge >= 0.3 is 0 Å². The predicted octanol–water partition coefficient (Wildman–Crippen LogP) is 3.65. The van der Waals surface area contributed by atoms with Gasteiger partial charge in [-0.1, -0.05) is 20.3 Å². The van der Waals surface area contributed by atoms with Crippen LogP contribution in [0.1, 0.15) is 43.7 Å². The first kappa shape index (κ1) is 18.2. The van der Waals surface area contributed by atoms with Crippen molar-refractivity contribution in [1.82, 2.24) is 0 Å². The Kier molecular flexibility index (Phi) is 5.13. The molecule has 0 spiro atoms. The zero-order chi connectivity index (χ0) is 18.7. The largest absolute Gasteiger partial charge is 0.459 e. The number of sulfonamides is 1. The predicted molar refractivity (Wildman–Crippen MR) is 100 cm³/mol. The van der Waals surface area contributed by atoms with Crippen LogP contribution in [-0.4, -0.2) is 26.7 Å². The molecular weight excluding hydrogens is 354 g/mol. The fourth-order valence-electron chi connectivity index (χ4n) is 2.82. The molecule has 3 rings (SSSR count). The molecule has 2 aromatic rings. The van der Waals surface area contributed by atoms with Gasteiger partial charge in [-0.15, -0.1) is 4.40 Å². The zero-order valence-corrected chi connectivity index (χ0v) is 15.5. The molecule has 0 unspecified atom stereocenters. The first-order valence-corrected chi connectivity index (χ1v) is 10.0. The number of nitrogens with zero attached hydrogens (tertiary/aromatic N) is 2. The molecule has 0 saturated heterocycles. The van der Waals surface area contributed by atoms with E-state index < -0.39 is 15.9 Å². The van der Waals surface area contributed by atoms with Crippen LogP contribution in [0.5, 0.6) is 0 Å². The summed E-state index contributed by atoms with van der Waals surface area (Å²) in [5, 5.41) is 2.65. The molecule has 2 heterocycles. The van der Waals surface area contributed by atoms with Crippen LogP contribution in [0, 0.1) is 0 Å². The van der Waals surface area contributed by atoms with Crippen molar-refractivity contribution in [3.8, 4) is 0 Å². The zero-order valence-electron chi connectivity index (χ0n) is 14.7. The molecule has 138 valence electrons. The molecule has 1 aromatic heterocycles. The molecule has 26 heavy (non-hydrogen) atoms. The fourth-order valence-corrected chi connectivity index (χ4v) is 4.14. The van der Waals surface area contributed by atoms with Crippen LogP contribution in [0.2, 0.25) is 0 Å². The number of amidine groups is 1. The van der Waals surface area contributed by atoms with Gasteiger partial charge in [0.2, 0.25) is 0 Å². The highest BCUT2D eigenvalue weighted by Gasteiger charge is 2.30. The SMILES string of the molecule is CCCCN1C(CC)=NS(=O)(=O)c2cc(NC(=O)c3ccco3)ccc21. The van der Waals surface area contributed by atoms with E-state index >= 15 is 0 Å². The maximum atomic E-state index is 12.6. The van der Waals surface area contributed by atoms with Gasteiger partial charge in [0.05, 0.1) is 12.0 Å². The van der Waals surface area contributed by atoms with Crippen LogP contribution in [0.15, 0.2) is 50.3 Å². The standard InChI is InChI=1S/C18H21N3O4S/c1-3-5-10-21-14-9-8-13(19-18(22)15-7-6-11-25-15)12-16(14)26(23,24)20-17(21)4-2/h6-9,11-12H,3-5,10H2,1-2H3,(H,19,22). The smallest absolute Gasteiger partial charge is 0.291 e. The topological polar surface area (TPSA) is 92.0 Å². The number of benzene rings is 1. The third kappa shape index (κ3) is 3.50. The lowest BCUT2D eigenvalue weighted by Gasteiger charge is -2.30. The molecule has 1 aliphatic rings. The van der Waals surface area contributed by atoms with Gasteiger partial charge in [0.1, 0.15) is 10.7 Å². The highest BCUT2D eigenvalue weighted by Crippen LogP contribution is 2.34. The molecule has 1 aliphatic heterocycles. The van der Waals surface area contributed by atoms with E-state index in [1.165, 1.54) is 18.4 Å². The average Bonchev–Trinajstić information content (AvgIpc) is 3.15. The van der Waals surface area contributed by atoms with Crippen molar-refractivity contribution in [1.29, 1.82) is 0 Å². The van der Waals surface area contributed by atoms with Crippen molar-refractivity contribution in [2.45, 2.75) is 38.0 Å². The lowest BCUT2D eigenvalue weighted by atomic mass is 10.2. The second-order valence-electron chi connectivity index (χ2n) is 5.96. The molecule has 1 N–H and O–H groups in total. The maximum absolute atomic E-state index is 12.6. The second kappa shape index (κ2) is 7.33. The minimum Gasteiger partial charge on any atom is -0.459 e. The average molecular weight is 375 g/mol. The van der Waals surface area contributed by atoms with E-state index in [0.29, 0.717) is 30.2 Å². The molecule has 1 amide bonds. The Morgan fingerprint density at radius 2 is 2.08 bits per heavy atom. The molecule has 0 fully saturated rings. The highest BCUT2D eigenvalue weighted by molar-refractivity contribution is 7.90. The molecule has 1 aromatic carbocycles. The summed E-state index contributed by atoms with van der Waals surface area (Å²) in [7, 11) is -3.80. The van der Waals surface area contributed by atoms with Gasteiger partial charge < -0.3 is 14.6 Å². The number of fused-ring (bicyclic) bond motifs is 1. The maximum Gasteiger partial charge on any atom is 0.291 e. The number of hydrogen-bond donors (Lipinski definition) is 1. The molecule has 0 saturated carbocycles. The first-order chi connectivity index (χ1) is 12.5. The summed E-state index contributed by atoms with van der Waals surface area (Å²) in [5.41, 5.74) is 0.973. The fraction of sp³-hybridized carbons (Fsp3) is 0.333. The van der Waals surface area contributed by atoms with Gasteiger partial charge in [-0.3, -0.25) is 4.79 Å². The van der Waals surface area contributed by atoms with Gasteiger partial charge in [-0.2, -0.15) is 8.42 Å². The Balaban J connectivity index is 1.96. The summed E-state index contributed by atoms with van der Waals surface area (Å²) in [6, 6.07) is 7.99. The number of furan rings is 1. The number of unbranched alkanes of at least 4 members (excludes halogenated alkanes) is 1. The number of anilines is 2. The Bertz CT molecular complexity index is 933. The van der Waals surface area contributed by atoms with Crippen molar-refractivity contribution >= 4 is 33.1 Å². The van der Waals surface area contributed by atoms with Crippen LogP contribution >= 0.6 is 0 Å². The number of amides is 1. The summed E-state index contributed by atoms with van der Waals surface area (Å²) in [6.45, 7) is 4.66. The van der Waals surface area contributed by atoms with E-state index in [-0.39, 0.29) is 10.7 Å². The number of carbonyl (C=O) groups is 1. The summed E-state index contributed by atoms with van der Waals surface area (Å²) in [6.07, 6.45) is 3.85. The number of hydrogen-bond acceptors (Lipinski definition) is 5. The minimum absolute atomic E-state index is 0.100. The van der Waals surface area contributed by atoms with Crippen LogP contribution < -0.4 is 10.2 Å². The van der Waals surface area contributed by atoms with Crippen LogP contribution in [0.3, 0.4) is 0 Å². The van der Waals surface area contributed by atoms with Crippen molar-refractivity contribution in [2.24, 2.45) is 4.40 Å². The molecule has 7 nitrogen and oxygen atoms in total. The van der Waals surface area contributed by atoms with Crippen molar-refractivity contribution < 1.29 is 17.6 Å². The van der Waals surface area contributed by atoms with E-state index in [2.05, 4.69) is 16.6 Å². The number of nitrogens with one attached hydrogen (secondary N) is 1. The Morgan fingerprint density at radius 3 is 2.73 bits per heavy atom. The van der Waals surface area contributed by atoms with Gasteiger partial charge in [0.25, 0.3) is 15.9 Å². The molecule has 0 aliphatic carbocycles. The highest BCUT2D eigenvalue weighted by atomic mass is 32.2. The van der Waals surface area contributed by atoms with E-state index in [0.717, 1.165) is 12.8 Å². The van der Waals surface area contributed by atoms with Crippen LogP contribution in [0.4, 0.5) is 11.4 Å². The van der Waals surface area contributed by atoms with Gasteiger partial charge in [-0.05, 0) is 36.8 Å². The van der Waals surface area contributed by atoms with Crippen molar-refractivity contribution in [3.63, 3.8) is 0 Å². The Hall–Kier alpha value is -2.61. The summed E-state index contributed by atoms with van der Waals surface area (Å²) in [4.78, 5) is 14.2. The van der Waals surface area contributed by atoms with E-state index in [9.17, 15) is 13.2 Å². The summed E-state index contributed by atoms with van der Waals surface area (Å²) >= 11 is 0. The number of rotatable bonds is 6. The summed E-state index contributed by atoms with van der Waals surface area (Å²) < 4.78 is 34.2. The molecule has 0 radical (unpaired) electrons. The summed E-state index contributed by atoms with van der Waals surface area (Å²) in [5.74, 6) is 0.253. The second-order valence-corrected chi connectivity index (χ2v) is 7.53. The van der Waals surface area contributed by atoms with Crippen molar-refractivity contribution in [3.05, 3.63) is 42.4 Å². The Labute approximate surface area is 152 Å². The third-order valence-electron chi connectivity index (χ3n) is 4.12. The normalized spacial score (nSPS) is 15.3. The minimum atomic E-state index is -3.80. The van der Waals surface area contributed by atoms with Crippen LogP contribution in [-0.2, 0) is 10.0 Å². The van der Waals surface area contributed by atoms with E-state index in [4.69, 9.17) is 4.42 Å². The molecule has 0 bridgehead atoms. The molecule has 0 atom stereocenters. The third-order valence-corrected chi connectivity index (χ3v) is 5.45. The molecule has 8 heteroatoms. The quantitative estimate of drug-likeness (QED) is 0.832. The van der Waals surface area contributed by atoms with Gasteiger partial charge in [-0.25, -0.2) is 0 Å². The monoisotopic (exact) mass is 375 g/mol. The van der Waals surface area contributed by atoms with Gasteiger partial charge in [0.15, 0.2) is 5.76 Å². The van der Waals surface area contributed by atoms with Gasteiger partial charge in [0, 0.05) is 18.7 Å². The van der Waals surface area contributed by atoms with Crippen molar-refractivity contribution in [2.75, 3.05) is 16.8 Å². The van der Waals surface area contributed by atoms with E-state index in [1.807, 2.05) is 11.8 Å². The lowest BCUT2D eigenvalue weighted by Crippen LogP contribution is -2.36.